The third-order valence-corrected chi connectivity index (χ3v) is 2.84. The fourth-order valence-corrected chi connectivity index (χ4v) is 1.71. The van der Waals surface area contributed by atoms with Crippen LogP contribution in [-0.2, 0) is 6.18 Å². The molecule has 16 heavy (non-hydrogen) atoms. The quantitative estimate of drug-likeness (QED) is 0.822. The molecule has 0 aliphatic heterocycles. The van der Waals surface area contributed by atoms with Crippen LogP contribution in [0.4, 0.5) is 13.2 Å². The first-order valence-electron chi connectivity index (χ1n) is 5.05. The number of hydrogen-bond donors (Lipinski definition) is 2. The predicted molar refractivity (Wildman–Crippen MR) is 52.8 cm³/mol. The summed E-state index contributed by atoms with van der Waals surface area (Å²) in [7, 11) is 0. The topological polar surface area (TPSA) is 46.2 Å². The van der Waals surface area contributed by atoms with E-state index in [-0.39, 0.29) is 17.2 Å². The number of benzene rings is 1. The molecular formula is C11H12F3NO. The van der Waals surface area contributed by atoms with Crippen molar-refractivity contribution in [3.05, 3.63) is 29.3 Å². The van der Waals surface area contributed by atoms with Crippen molar-refractivity contribution in [1.82, 2.24) is 0 Å². The molecule has 2 rings (SSSR count). The van der Waals surface area contributed by atoms with Crippen molar-refractivity contribution < 1.29 is 18.3 Å². The van der Waals surface area contributed by atoms with E-state index in [1.54, 1.807) is 0 Å². The van der Waals surface area contributed by atoms with E-state index < -0.39 is 17.8 Å². The van der Waals surface area contributed by atoms with Gasteiger partial charge in [0, 0.05) is 11.6 Å². The molecule has 1 aromatic carbocycles. The summed E-state index contributed by atoms with van der Waals surface area (Å²) in [4.78, 5) is 0. The normalized spacial score (nSPS) is 18.5. The maximum Gasteiger partial charge on any atom is 0.416 e. The zero-order chi connectivity index (χ0) is 11.9. The van der Waals surface area contributed by atoms with Crippen LogP contribution < -0.4 is 5.73 Å². The summed E-state index contributed by atoms with van der Waals surface area (Å²) >= 11 is 0. The highest BCUT2D eigenvalue weighted by atomic mass is 19.4. The second-order valence-corrected chi connectivity index (χ2v) is 4.13. The first-order chi connectivity index (χ1) is 7.39. The van der Waals surface area contributed by atoms with Gasteiger partial charge >= 0.3 is 6.18 Å². The number of phenols is 1. The molecule has 1 saturated carbocycles. The van der Waals surface area contributed by atoms with Gasteiger partial charge in [0.05, 0.1) is 5.56 Å². The molecule has 0 heterocycles. The van der Waals surface area contributed by atoms with Gasteiger partial charge < -0.3 is 10.8 Å². The van der Waals surface area contributed by atoms with Gasteiger partial charge in [-0.3, -0.25) is 0 Å². The SMILES string of the molecule is N[C@@H](c1cc(C(F)(F)F)ccc1O)C1CC1. The summed E-state index contributed by atoms with van der Waals surface area (Å²) < 4.78 is 37.4. The Morgan fingerprint density at radius 3 is 2.44 bits per heavy atom. The van der Waals surface area contributed by atoms with Crippen molar-refractivity contribution in [3.8, 4) is 5.75 Å². The second-order valence-electron chi connectivity index (χ2n) is 4.13. The summed E-state index contributed by atoms with van der Waals surface area (Å²) in [6.07, 6.45) is -2.57. The molecular weight excluding hydrogens is 219 g/mol. The number of nitrogens with two attached hydrogens (primary N) is 1. The highest BCUT2D eigenvalue weighted by Crippen LogP contribution is 2.43. The molecule has 3 N–H and O–H groups in total. The smallest absolute Gasteiger partial charge is 0.416 e. The van der Waals surface area contributed by atoms with Crippen LogP contribution >= 0.6 is 0 Å². The highest BCUT2D eigenvalue weighted by Gasteiger charge is 2.35. The molecule has 0 bridgehead atoms. The molecule has 0 unspecified atom stereocenters. The Morgan fingerprint density at radius 1 is 1.31 bits per heavy atom. The van der Waals surface area contributed by atoms with E-state index in [0.717, 1.165) is 31.0 Å². The maximum atomic E-state index is 12.5. The maximum absolute atomic E-state index is 12.5. The molecule has 88 valence electrons. The Morgan fingerprint density at radius 2 is 1.94 bits per heavy atom. The van der Waals surface area contributed by atoms with Crippen LogP contribution in [0.2, 0.25) is 0 Å². The largest absolute Gasteiger partial charge is 0.508 e. The standard InChI is InChI=1S/C11H12F3NO/c12-11(13,14)7-3-4-9(16)8(5-7)10(15)6-1-2-6/h3-6,10,16H,1-2,15H2/t10-/m1/s1. The monoisotopic (exact) mass is 231 g/mol. The van der Waals surface area contributed by atoms with Gasteiger partial charge in [0.1, 0.15) is 5.75 Å². The molecule has 5 heteroatoms. The molecule has 0 radical (unpaired) electrons. The predicted octanol–water partition coefficient (Wildman–Crippen LogP) is 2.82. The van der Waals surface area contributed by atoms with Crippen molar-refractivity contribution >= 4 is 0 Å². The summed E-state index contributed by atoms with van der Waals surface area (Å²) in [5.74, 6) is 0.0433. The molecule has 1 atom stereocenters. The zero-order valence-electron chi connectivity index (χ0n) is 8.46. The van der Waals surface area contributed by atoms with E-state index in [4.69, 9.17) is 5.73 Å². The van der Waals surface area contributed by atoms with E-state index in [2.05, 4.69) is 0 Å². The third-order valence-electron chi connectivity index (χ3n) is 2.84. The average molecular weight is 231 g/mol. The Balaban J connectivity index is 2.36. The Kier molecular flexibility index (Phi) is 2.58. The number of hydrogen-bond acceptors (Lipinski definition) is 2. The summed E-state index contributed by atoms with van der Waals surface area (Å²) in [5.41, 5.74) is 5.21. The number of alkyl halides is 3. The van der Waals surface area contributed by atoms with Crippen LogP contribution in [-0.4, -0.2) is 5.11 Å². The summed E-state index contributed by atoms with van der Waals surface area (Å²) in [6.45, 7) is 0. The molecule has 0 aromatic heterocycles. The lowest BCUT2D eigenvalue weighted by molar-refractivity contribution is -0.137. The molecule has 1 aliphatic carbocycles. The van der Waals surface area contributed by atoms with Crippen LogP contribution in [0, 0.1) is 5.92 Å². The summed E-state index contributed by atoms with van der Waals surface area (Å²) in [6, 6.07) is 2.36. The lowest BCUT2D eigenvalue weighted by atomic mass is 9.99. The van der Waals surface area contributed by atoms with E-state index in [1.807, 2.05) is 0 Å². The average Bonchev–Trinajstić information content (AvgIpc) is 2.98. The van der Waals surface area contributed by atoms with Crippen LogP contribution in [0.15, 0.2) is 18.2 Å². The lowest BCUT2D eigenvalue weighted by Gasteiger charge is -2.15. The van der Waals surface area contributed by atoms with Crippen LogP contribution in [0.25, 0.3) is 0 Å². The van der Waals surface area contributed by atoms with Crippen LogP contribution in [0.3, 0.4) is 0 Å². The van der Waals surface area contributed by atoms with Crippen LogP contribution in [0.5, 0.6) is 5.75 Å². The van der Waals surface area contributed by atoms with Crippen LogP contribution in [0.1, 0.15) is 30.0 Å². The minimum atomic E-state index is -4.40. The fourth-order valence-electron chi connectivity index (χ4n) is 1.71. The molecule has 1 aliphatic rings. The van der Waals surface area contributed by atoms with Gasteiger partial charge in [-0.2, -0.15) is 13.2 Å². The lowest BCUT2D eigenvalue weighted by Crippen LogP contribution is -2.14. The van der Waals surface area contributed by atoms with Gasteiger partial charge in [0.25, 0.3) is 0 Å². The minimum absolute atomic E-state index is 0.160. The third kappa shape index (κ3) is 2.14. The van der Waals surface area contributed by atoms with E-state index in [0.29, 0.717) is 0 Å². The van der Waals surface area contributed by atoms with Gasteiger partial charge in [0.2, 0.25) is 0 Å². The van der Waals surface area contributed by atoms with Gasteiger partial charge in [-0.05, 0) is 37.0 Å². The van der Waals surface area contributed by atoms with Crippen molar-refractivity contribution in [3.63, 3.8) is 0 Å². The number of rotatable bonds is 2. The number of phenolic OH excluding ortho intramolecular Hbond substituents is 1. The molecule has 0 spiro atoms. The highest BCUT2D eigenvalue weighted by molar-refractivity contribution is 5.40. The van der Waals surface area contributed by atoms with Crippen molar-refractivity contribution in [2.75, 3.05) is 0 Å². The number of aromatic hydroxyl groups is 1. The first-order valence-corrected chi connectivity index (χ1v) is 5.05. The van der Waals surface area contributed by atoms with E-state index >= 15 is 0 Å². The van der Waals surface area contributed by atoms with Gasteiger partial charge in [-0.1, -0.05) is 0 Å². The van der Waals surface area contributed by atoms with Gasteiger partial charge in [-0.25, -0.2) is 0 Å². The Hall–Kier alpha value is -1.23. The Labute approximate surface area is 90.9 Å². The van der Waals surface area contributed by atoms with Crippen molar-refractivity contribution in [2.24, 2.45) is 11.7 Å². The van der Waals surface area contributed by atoms with Gasteiger partial charge in [-0.15, -0.1) is 0 Å². The summed E-state index contributed by atoms with van der Waals surface area (Å²) in [5, 5.41) is 9.50. The van der Waals surface area contributed by atoms with E-state index in [9.17, 15) is 18.3 Å². The number of halogens is 3. The second kappa shape index (κ2) is 3.66. The minimum Gasteiger partial charge on any atom is -0.508 e. The first kappa shape index (κ1) is 11.3. The fraction of sp³-hybridized carbons (Fsp3) is 0.455. The van der Waals surface area contributed by atoms with Gasteiger partial charge in [0.15, 0.2) is 0 Å². The Bertz CT molecular complexity index is 399. The molecule has 1 aromatic rings. The van der Waals surface area contributed by atoms with E-state index in [1.165, 1.54) is 0 Å². The van der Waals surface area contributed by atoms with Crippen molar-refractivity contribution in [2.45, 2.75) is 25.1 Å². The molecule has 0 amide bonds. The molecule has 2 nitrogen and oxygen atoms in total. The molecule has 1 fully saturated rings. The van der Waals surface area contributed by atoms with Crippen molar-refractivity contribution in [1.29, 1.82) is 0 Å². The molecule has 0 saturated heterocycles. The zero-order valence-corrected chi connectivity index (χ0v) is 8.46.